The van der Waals surface area contributed by atoms with Gasteiger partial charge in [0.2, 0.25) is 5.91 Å². The summed E-state index contributed by atoms with van der Waals surface area (Å²) in [6.07, 6.45) is 4.80. The molecule has 4 aromatic rings. The average Bonchev–Trinajstić information content (AvgIpc) is 3.35. The standard InChI is InChI=1S/C22H18FN5O2S/c1-12(30)25-22-26-16-8-7-15-19(13-5-3-9-24-10-13)27-28(20(15)21(16)31-22)17-6-2-4-14(11-29)18(17)23/h2-6,9-10,29H,7-8,11H2,1H3,(H,25,26,30). The van der Waals surface area contributed by atoms with E-state index in [1.54, 1.807) is 35.3 Å². The summed E-state index contributed by atoms with van der Waals surface area (Å²) in [5.74, 6) is -0.718. The lowest BCUT2D eigenvalue weighted by Gasteiger charge is -2.15. The summed E-state index contributed by atoms with van der Waals surface area (Å²) in [6.45, 7) is 1.03. The lowest BCUT2D eigenvalue weighted by atomic mass is 9.95. The number of amides is 1. The third-order valence-electron chi connectivity index (χ3n) is 5.18. The molecule has 9 heteroatoms. The number of carbonyl (C=O) groups excluding carboxylic acids is 1. The van der Waals surface area contributed by atoms with Crippen molar-refractivity contribution in [2.24, 2.45) is 0 Å². The molecule has 3 aromatic heterocycles. The normalized spacial score (nSPS) is 12.4. The van der Waals surface area contributed by atoms with Crippen molar-refractivity contribution in [3.05, 3.63) is 65.4 Å². The van der Waals surface area contributed by atoms with Crippen LogP contribution in [0.25, 0.3) is 27.5 Å². The Morgan fingerprint density at radius 1 is 1.29 bits per heavy atom. The van der Waals surface area contributed by atoms with Crippen LogP contribution < -0.4 is 5.32 Å². The highest BCUT2D eigenvalue weighted by molar-refractivity contribution is 7.19. The van der Waals surface area contributed by atoms with Crippen molar-refractivity contribution in [1.82, 2.24) is 19.7 Å². The maximum atomic E-state index is 15.2. The third-order valence-corrected chi connectivity index (χ3v) is 6.20. The smallest absolute Gasteiger partial charge is 0.223 e. The number of aromatic nitrogens is 4. The van der Waals surface area contributed by atoms with Crippen molar-refractivity contribution >= 4 is 22.4 Å². The maximum Gasteiger partial charge on any atom is 0.223 e. The SMILES string of the molecule is CC(=O)Nc1nc2c(s1)-c1c(c(-c3cccnc3)nn1-c1cccc(CO)c1F)CC2. The highest BCUT2D eigenvalue weighted by atomic mass is 32.1. The minimum atomic E-state index is -0.522. The molecule has 0 unspecified atom stereocenters. The Balaban J connectivity index is 1.77. The highest BCUT2D eigenvalue weighted by Gasteiger charge is 2.30. The largest absolute Gasteiger partial charge is 0.392 e. The van der Waals surface area contributed by atoms with Crippen LogP contribution >= 0.6 is 11.3 Å². The molecule has 1 aliphatic carbocycles. The second-order valence-corrected chi connectivity index (χ2v) is 8.21. The first-order chi connectivity index (χ1) is 15.1. The number of halogens is 1. The molecular formula is C22H18FN5O2S. The van der Waals surface area contributed by atoms with Crippen molar-refractivity contribution in [3.63, 3.8) is 0 Å². The number of thiazole rings is 1. The number of aliphatic hydroxyl groups excluding tert-OH is 1. The molecule has 1 aliphatic rings. The molecule has 2 N–H and O–H groups in total. The topological polar surface area (TPSA) is 92.9 Å². The molecule has 156 valence electrons. The summed E-state index contributed by atoms with van der Waals surface area (Å²) < 4.78 is 16.8. The second-order valence-electron chi connectivity index (χ2n) is 7.21. The van der Waals surface area contributed by atoms with Crippen molar-refractivity contribution in [1.29, 1.82) is 0 Å². The van der Waals surface area contributed by atoms with Gasteiger partial charge in [0, 0.05) is 36.0 Å². The van der Waals surface area contributed by atoms with E-state index in [0.717, 1.165) is 33.1 Å². The van der Waals surface area contributed by atoms with Gasteiger partial charge in [-0.1, -0.05) is 23.5 Å². The zero-order chi connectivity index (χ0) is 21.5. The van der Waals surface area contributed by atoms with Crippen LogP contribution in [0.2, 0.25) is 0 Å². The summed E-state index contributed by atoms with van der Waals surface area (Å²) in [5, 5.41) is 17.6. The number of aryl methyl sites for hydroxylation is 1. The van der Waals surface area contributed by atoms with Crippen molar-refractivity contribution in [2.75, 3.05) is 5.32 Å². The number of nitrogens with one attached hydrogen (secondary N) is 1. The van der Waals surface area contributed by atoms with Gasteiger partial charge in [-0.15, -0.1) is 0 Å². The van der Waals surface area contributed by atoms with Crippen molar-refractivity contribution in [3.8, 4) is 27.5 Å². The fourth-order valence-electron chi connectivity index (χ4n) is 3.84. The third kappa shape index (κ3) is 3.31. The molecule has 1 aromatic carbocycles. The molecule has 0 radical (unpaired) electrons. The first-order valence-corrected chi connectivity index (χ1v) is 10.6. The van der Waals surface area contributed by atoms with E-state index < -0.39 is 12.4 Å². The van der Waals surface area contributed by atoms with Gasteiger partial charge in [-0.2, -0.15) is 5.10 Å². The van der Waals surface area contributed by atoms with Crippen molar-refractivity contribution < 1.29 is 14.3 Å². The fourth-order valence-corrected chi connectivity index (χ4v) is 4.95. The molecule has 0 spiro atoms. The summed E-state index contributed by atoms with van der Waals surface area (Å²) >= 11 is 1.35. The fraction of sp³-hybridized carbons (Fsp3) is 0.182. The number of hydrogen-bond acceptors (Lipinski definition) is 6. The number of benzene rings is 1. The molecule has 0 bridgehead atoms. The van der Waals surface area contributed by atoms with E-state index in [0.29, 0.717) is 18.0 Å². The van der Waals surface area contributed by atoms with Gasteiger partial charge in [0.25, 0.3) is 0 Å². The van der Waals surface area contributed by atoms with Crippen LogP contribution in [0.3, 0.4) is 0 Å². The minimum absolute atomic E-state index is 0.197. The Labute approximate surface area is 181 Å². The van der Waals surface area contributed by atoms with Gasteiger partial charge in [-0.3, -0.25) is 9.78 Å². The molecule has 0 saturated heterocycles. The van der Waals surface area contributed by atoms with Crippen LogP contribution in [-0.2, 0) is 24.2 Å². The van der Waals surface area contributed by atoms with Crippen LogP contribution in [0.5, 0.6) is 0 Å². The zero-order valence-corrected chi connectivity index (χ0v) is 17.4. The molecule has 1 amide bonds. The molecule has 0 fully saturated rings. The molecule has 3 heterocycles. The first-order valence-electron chi connectivity index (χ1n) is 9.75. The monoisotopic (exact) mass is 435 g/mol. The molecule has 0 saturated carbocycles. The van der Waals surface area contributed by atoms with Gasteiger partial charge in [0.1, 0.15) is 5.69 Å². The van der Waals surface area contributed by atoms with Crippen LogP contribution in [0, 0.1) is 5.82 Å². The van der Waals surface area contributed by atoms with E-state index in [2.05, 4.69) is 15.3 Å². The van der Waals surface area contributed by atoms with Crippen LogP contribution in [0.1, 0.15) is 23.7 Å². The van der Waals surface area contributed by atoms with Gasteiger partial charge < -0.3 is 10.4 Å². The number of carbonyl (C=O) groups is 1. The number of rotatable bonds is 4. The number of hydrogen-bond donors (Lipinski definition) is 2. The lowest BCUT2D eigenvalue weighted by Crippen LogP contribution is -2.08. The Morgan fingerprint density at radius 2 is 2.16 bits per heavy atom. The van der Waals surface area contributed by atoms with E-state index in [1.165, 1.54) is 18.3 Å². The minimum Gasteiger partial charge on any atom is -0.392 e. The van der Waals surface area contributed by atoms with E-state index in [4.69, 9.17) is 5.10 Å². The second kappa shape index (κ2) is 7.68. The quantitative estimate of drug-likeness (QED) is 0.509. The number of fused-ring (bicyclic) bond motifs is 3. The number of pyridine rings is 1. The van der Waals surface area contributed by atoms with E-state index in [1.807, 2.05) is 12.1 Å². The summed E-state index contributed by atoms with van der Waals surface area (Å²) in [7, 11) is 0. The maximum absolute atomic E-state index is 15.2. The predicted octanol–water partition coefficient (Wildman–Crippen LogP) is 3.75. The Bertz CT molecular complexity index is 1300. The number of aliphatic hydroxyl groups is 1. The lowest BCUT2D eigenvalue weighted by molar-refractivity contribution is -0.114. The van der Waals surface area contributed by atoms with Gasteiger partial charge in [0.05, 0.1) is 28.6 Å². The molecule has 0 atom stereocenters. The molecule has 0 aliphatic heterocycles. The van der Waals surface area contributed by atoms with Crippen molar-refractivity contribution in [2.45, 2.75) is 26.4 Å². The average molecular weight is 435 g/mol. The van der Waals surface area contributed by atoms with Crippen LogP contribution in [0.15, 0.2) is 42.7 Å². The molecule has 7 nitrogen and oxygen atoms in total. The number of anilines is 1. The van der Waals surface area contributed by atoms with Gasteiger partial charge in [0.15, 0.2) is 10.9 Å². The summed E-state index contributed by atoms with van der Waals surface area (Å²) in [4.78, 5) is 21.1. The van der Waals surface area contributed by atoms with Gasteiger partial charge >= 0.3 is 0 Å². The van der Waals surface area contributed by atoms with Crippen LogP contribution in [-0.4, -0.2) is 30.8 Å². The summed E-state index contributed by atoms with van der Waals surface area (Å²) in [6, 6.07) is 8.64. The Hall–Kier alpha value is -3.43. The predicted molar refractivity (Wildman–Crippen MR) is 115 cm³/mol. The number of nitrogens with zero attached hydrogens (tertiary/aromatic N) is 4. The van der Waals surface area contributed by atoms with Gasteiger partial charge in [-0.05, 0) is 31.0 Å². The summed E-state index contributed by atoms with van der Waals surface area (Å²) in [5.41, 5.74) is 4.60. The zero-order valence-electron chi connectivity index (χ0n) is 16.6. The van der Waals surface area contributed by atoms with Gasteiger partial charge in [-0.25, -0.2) is 14.1 Å². The molecular weight excluding hydrogens is 417 g/mol. The van der Waals surface area contributed by atoms with E-state index in [9.17, 15) is 9.90 Å². The molecule has 5 rings (SSSR count). The Kier molecular flexibility index (Phi) is 4.84. The Morgan fingerprint density at radius 3 is 2.90 bits per heavy atom. The van der Waals surface area contributed by atoms with E-state index >= 15 is 4.39 Å². The van der Waals surface area contributed by atoms with E-state index in [-0.39, 0.29) is 17.2 Å². The molecule has 31 heavy (non-hydrogen) atoms. The first kappa shape index (κ1) is 19.5. The highest BCUT2D eigenvalue weighted by Crippen LogP contribution is 2.44. The van der Waals surface area contributed by atoms with Crippen LogP contribution in [0.4, 0.5) is 9.52 Å².